The molecule has 4 nitrogen and oxygen atoms in total. The van der Waals surface area contributed by atoms with E-state index in [0.717, 1.165) is 24.9 Å². The Morgan fingerprint density at radius 3 is 3.16 bits per heavy atom. The number of carbonyl (C=O) groups excluding carboxylic acids is 1. The van der Waals surface area contributed by atoms with Crippen molar-refractivity contribution in [1.29, 1.82) is 0 Å². The molecule has 2 heterocycles. The summed E-state index contributed by atoms with van der Waals surface area (Å²) in [6.07, 6.45) is 1.11. The van der Waals surface area contributed by atoms with Gasteiger partial charge in [0.05, 0.1) is 0 Å². The maximum absolute atomic E-state index is 12.0. The molecule has 100 valence electrons. The Kier molecular flexibility index (Phi) is 3.44. The number of benzene rings is 1. The molecule has 1 aliphatic rings. The van der Waals surface area contributed by atoms with Crippen molar-refractivity contribution in [3.63, 3.8) is 0 Å². The van der Waals surface area contributed by atoms with E-state index in [-0.39, 0.29) is 5.91 Å². The molecule has 2 N–H and O–H groups in total. The van der Waals surface area contributed by atoms with Crippen LogP contribution in [-0.2, 0) is 0 Å². The second kappa shape index (κ2) is 5.23. The van der Waals surface area contributed by atoms with Crippen LogP contribution < -0.4 is 10.6 Å². The van der Waals surface area contributed by atoms with Crippen LogP contribution in [-0.4, -0.2) is 25.5 Å². The molecule has 1 amide bonds. The molecule has 1 atom stereocenters. The van der Waals surface area contributed by atoms with Crippen LogP contribution in [0.4, 0.5) is 0 Å². The largest absolute Gasteiger partial charge is 0.451 e. The predicted molar refractivity (Wildman–Crippen MR) is 74.5 cm³/mol. The summed E-state index contributed by atoms with van der Waals surface area (Å²) in [7, 11) is 0. The molecule has 3 rings (SSSR count). The number of furan rings is 1. The van der Waals surface area contributed by atoms with Crippen LogP contribution in [0.1, 0.15) is 17.0 Å². The molecule has 1 aliphatic heterocycles. The Morgan fingerprint density at radius 1 is 1.47 bits per heavy atom. The molecule has 5 heteroatoms. The van der Waals surface area contributed by atoms with Crippen LogP contribution in [0.25, 0.3) is 11.0 Å². The van der Waals surface area contributed by atoms with Crippen molar-refractivity contribution in [2.24, 2.45) is 5.92 Å². The molecule has 0 saturated carbocycles. The van der Waals surface area contributed by atoms with Gasteiger partial charge in [-0.15, -0.1) is 0 Å². The van der Waals surface area contributed by atoms with Crippen LogP contribution >= 0.6 is 11.6 Å². The minimum Gasteiger partial charge on any atom is -0.451 e. The van der Waals surface area contributed by atoms with Gasteiger partial charge in [-0.2, -0.15) is 0 Å². The highest BCUT2D eigenvalue weighted by atomic mass is 35.5. The normalized spacial score (nSPS) is 18.9. The summed E-state index contributed by atoms with van der Waals surface area (Å²) in [5, 5.41) is 7.67. The van der Waals surface area contributed by atoms with E-state index in [1.807, 2.05) is 0 Å². The molecule has 0 radical (unpaired) electrons. The van der Waals surface area contributed by atoms with E-state index in [2.05, 4.69) is 10.6 Å². The molecule has 0 spiro atoms. The average molecular weight is 279 g/mol. The minimum atomic E-state index is -0.167. The fraction of sp³-hybridized carbons (Fsp3) is 0.357. The molecular weight excluding hydrogens is 264 g/mol. The van der Waals surface area contributed by atoms with Gasteiger partial charge in [-0.1, -0.05) is 11.6 Å². The van der Waals surface area contributed by atoms with Crippen molar-refractivity contribution in [2.45, 2.75) is 6.42 Å². The van der Waals surface area contributed by atoms with Gasteiger partial charge in [0, 0.05) is 17.0 Å². The number of rotatable bonds is 3. The molecule has 1 saturated heterocycles. The summed E-state index contributed by atoms with van der Waals surface area (Å²) in [6, 6.07) is 7.04. The summed E-state index contributed by atoms with van der Waals surface area (Å²) in [6.45, 7) is 2.68. The molecule has 19 heavy (non-hydrogen) atoms. The summed E-state index contributed by atoms with van der Waals surface area (Å²) in [5.41, 5.74) is 0.678. The average Bonchev–Trinajstić information content (AvgIpc) is 3.04. The Bertz CT molecular complexity index is 603. The van der Waals surface area contributed by atoms with Crippen LogP contribution in [0, 0.1) is 5.92 Å². The zero-order valence-electron chi connectivity index (χ0n) is 10.4. The van der Waals surface area contributed by atoms with Crippen LogP contribution in [0.15, 0.2) is 28.7 Å². The first-order chi connectivity index (χ1) is 9.22. The first kappa shape index (κ1) is 12.5. The van der Waals surface area contributed by atoms with Crippen molar-refractivity contribution < 1.29 is 9.21 Å². The third-order valence-corrected chi connectivity index (χ3v) is 3.65. The van der Waals surface area contributed by atoms with Crippen LogP contribution in [0.2, 0.25) is 5.02 Å². The van der Waals surface area contributed by atoms with Gasteiger partial charge < -0.3 is 15.1 Å². The van der Waals surface area contributed by atoms with Crippen molar-refractivity contribution in [1.82, 2.24) is 10.6 Å². The lowest BCUT2D eigenvalue weighted by Gasteiger charge is -2.08. The molecule has 2 aromatic rings. The van der Waals surface area contributed by atoms with Gasteiger partial charge in [0.15, 0.2) is 5.76 Å². The quantitative estimate of drug-likeness (QED) is 0.907. The molecule has 1 aromatic carbocycles. The number of carbonyl (C=O) groups is 1. The summed E-state index contributed by atoms with van der Waals surface area (Å²) < 4.78 is 5.51. The van der Waals surface area contributed by atoms with Gasteiger partial charge in [0.2, 0.25) is 0 Å². The fourth-order valence-corrected chi connectivity index (χ4v) is 2.52. The van der Waals surface area contributed by atoms with E-state index in [1.165, 1.54) is 0 Å². The van der Waals surface area contributed by atoms with Gasteiger partial charge in [-0.3, -0.25) is 4.79 Å². The van der Waals surface area contributed by atoms with E-state index in [9.17, 15) is 4.79 Å². The van der Waals surface area contributed by atoms with Gasteiger partial charge in [0.25, 0.3) is 5.91 Å². The number of amides is 1. The van der Waals surface area contributed by atoms with E-state index < -0.39 is 0 Å². The molecule has 1 fully saturated rings. The summed E-state index contributed by atoms with van der Waals surface area (Å²) in [4.78, 5) is 12.0. The van der Waals surface area contributed by atoms with Crippen molar-refractivity contribution in [3.8, 4) is 0 Å². The zero-order chi connectivity index (χ0) is 13.2. The highest BCUT2D eigenvalue weighted by Gasteiger charge is 2.17. The van der Waals surface area contributed by atoms with Gasteiger partial charge in [0.1, 0.15) is 5.58 Å². The Labute approximate surface area is 116 Å². The minimum absolute atomic E-state index is 0.167. The smallest absolute Gasteiger partial charge is 0.287 e. The lowest BCUT2D eigenvalue weighted by atomic mass is 10.1. The number of fused-ring (bicyclic) bond motifs is 1. The standard InChI is InChI=1S/C14H15ClN2O2/c15-11-1-2-12-10(5-11)6-13(19-12)14(18)17-8-9-3-4-16-7-9/h1-2,5-6,9,16H,3-4,7-8H2,(H,17,18)/t9-/m1/s1. The third-order valence-electron chi connectivity index (χ3n) is 3.42. The number of hydrogen-bond donors (Lipinski definition) is 2. The molecule has 1 aromatic heterocycles. The summed E-state index contributed by atoms with van der Waals surface area (Å²) in [5.74, 6) is 0.685. The van der Waals surface area contributed by atoms with Crippen molar-refractivity contribution in [2.75, 3.05) is 19.6 Å². The zero-order valence-corrected chi connectivity index (χ0v) is 11.2. The fourth-order valence-electron chi connectivity index (χ4n) is 2.34. The second-order valence-corrected chi connectivity index (χ2v) is 5.30. The van der Waals surface area contributed by atoms with Gasteiger partial charge >= 0.3 is 0 Å². The monoisotopic (exact) mass is 278 g/mol. The van der Waals surface area contributed by atoms with Crippen LogP contribution in [0.5, 0.6) is 0 Å². The third kappa shape index (κ3) is 2.74. The molecule has 0 unspecified atom stereocenters. The number of halogens is 1. The number of nitrogens with one attached hydrogen (secondary N) is 2. The Hall–Kier alpha value is -1.52. The summed E-state index contributed by atoms with van der Waals surface area (Å²) >= 11 is 5.91. The van der Waals surface area contributed by atoms with Crippen LogP contribution in [0.3, 0.4) is 0 Å². The van der Waals surface area contributed by atoms with Gasteiger partial charge in [-0.05, 0) is 49.7 Å². The van der Waals surface area contributed by atoms with Crippen molar-refractivity contribution >= 4 is 28.5 Å². The molecule has 0 bridgehead atoms. The van der Waals surface area contributed by atoms with E-state index >= 15 is 0 Å². The first-order valence-electron chi connectivity index (χ1n) is 6.40. The number of hydrogen-bond acceptors (Lipinski definition) is 3. The van der Waals surface area contributed by atoms with Gasteiger partial charge in [-0.25, -0.2) is 0 Å². The topological polar surface area (TPSA) is 54.3 Å². The maximum atomic E-state index is 12.0. The van der Waals surface area contributed by atoms with E-state index in [0.29, 0.717) is 28.8 Å². The molecular formula is C14H15ClN2O2. The lowest BCUT2D eigenvalue weighted by Crippen LogP contribution is -2.29. The van der Waals surface area contributed by atoms with Crippen molar-refractivity contribution in [3.05, 3.63) is 35.0 Å². The molecule has 0 aliphatic carbocycles. The van der Waals surface area contributed by atoms with E-state index in [4.69, 9.17) is 16.0 Å². The maximum Gasteiger partial charge on any atom is 0.287 e. The lowest BCUT2D eigenvalue weighted by molar-refractivity contribution is 0.0922. The second-order valence-electron chi connectivity index (χ2n) is 4.86. The Morgan fingerprint density at radius 2 is 2.37 bits per heavy atom. The highest BCUT2D eigenvalue weighted by Crippen LogP contribution is 2.23. The Balaban J connectivity index is 1.70. The first-order valence-corrected chi connectivity index (χ1v) is 6.78. The predicted octanol–water partition coefficient (Wildman–Crippen LogP) is 2.43. The SMILES string of the molecule is O=C(NC[C@@H]1CCNC1)c1cc2cc(Cl)ccc2o1. The highest BCUT2D eigenvalue weighted by molar-refractivity contribution is 6.31. The van der Waals surface area contributed by atoms with E-state index in [1.54, 1.807) is 24.3 Å².